The number of anilines is 1. The molecule has 1 atom stereocenters. The number of piperidine rings is 1. The highest BCUT2D eigenvalue weighted by Gasteiger charge is 2.26. The van der Waals surface area contributed by atoms with Gasteiger partial charge in [-0.05, 0) is 26.7 Å². The minimum absolute atomic E-state index is 0.0267. The van der Waals surface area contributed by atoms with Crippen molar-refractivity contribution in [3.8, 4) is 0 Å². The molecule has 1 fully saturated rings. The molecule has 1 aliphatic rings. The molecule has 1 saturated heterocycles. The number of benzene rings is 1. The number of carbonyl (C=O) groups is 1. The van der Waals surface area contributed by atoms with Crippen LogP contribution in [0, 0.1) is 0 Å². The van der Waals surface area contributed by atoms with Crippen LogP contribution < -0.4 is 21.9 Å². The molecule has 0 spiro atoms. The maximum absolute atomic E-state index is 13.6. The normalized spacial score (nSPS) is 17.0. The van der Waals surface area contributed by atoms with Gasteiger partial charge in [-0.25, -0.2) is 4.79 Å². The van der Waals surface area contributed by atoms with Gasteiger partial charge in [0.25, 0.3) is 5.56 Å². The number of Topliss-reactive ketones (excluding diaryl/α,β-unsaturated/α-hetero) is 1. The summed E-state index contributed by atoms with van der Waals surface area (Å²) in [6.07, 6.45) is 3.86. The third-order valence-corrected chi connectivity index (χ3v) is 6.25. The molecule has 2 aromatic heterocycles. The van der Waals surface area contributed by atoms with Gasteiger partial charge >= 0.3 is 5.69 Å². The van der Waals surface area contributed by atoms with E-state index in [9.17, 15) is 14.4 Å². The second kappa shape index (κ2) is 9.19. The molecule has 2 N–H and O–H groups in total. The van der Waals surface area contributed by atoms with Crippen LogP contribution in [-0.4, -0.2) is 43.6 Å². The molecule has 0 radical (unpaired) electrons. The van der Waals surface area contributed by atoms with Crippen LogP contribution in [0.2, 0.25) is 0 Å². The summed E-state index contributed by atoms with van der Waals surface area (Å²) in [5.41, 5.74) is 7.26. The molecular formula is C24H30N6O3. The number of ketones is 1. The lowest BCUT2D eigenvalue weighted by atomic mass is 10.1. The highest BCUT2D eigenvalue weighted by atomic mass is 16.2. The summed E-state index contributed by atoms with van der Waals surface area (Å²) in [6, 6.07) is 8.69. The summed E-state index contributed by atoms with van der Waals surface area (Å²) in [5, 5.41) is 0. The lowest BCUT2D eigenvalue weighted by Gasteiger charge is -2.31. The van der Waals surface area contributed by atoms with Crippen molar-refractivity contribution in [2.75, 3.05) is 18.0 Å². The molecule has 1 unspecified atom stereocenters. The van der Waals surface area contributed by atoms with E-state index in [2.05, 4.69) is 4.90 Å². The molecule has 174 valence electrons. The summed E-state index contributed by atoms with van der Waals surface area (Å²) >= 11 is 0. The van der Waals surface area contributed by atoms with E-state index in [1.54, 1.807) is 31.3 Å². The fourth-order valence-electron chi connectivity index (χ4n) is 4.28. The van der Waals surface area contributed by atoms with Crippen molar-refractivity contribution >= 4 is 22.9 Å². The molecule has 1 aromatic carbocycles. The van der Waals surface area contributed by atoms with Crippen LogP contribution >= 0.6 is 0 Å². The van der Waals surface area contributed by atoms with E-state index in [-0.39, 0.29) is 18.4 Å². The van der Waals surface area contributed by atoms with Gasteiger partial charge in [-0.3, -0.25) is 18.7 Å². The van der Waals surface area contributed by atoms with Crippen LogP contribution in [0.5, 0.6) is 0 Å². The van der Waals surface area contributed by atoms with Crippen molar-refractivity contribution in [2.24, 2.45) is 12.8 Å². The van der Waals surface area contributed by atoms with E-state index in [0.29, 0.717) is 35.8 Å². The zero-order valence-electron chi connectivity index (χ0n) is 19.3. The summed E-state index contributed by atoms with van der Waals surface area (Å²) in [6.45, 7) is 5.46. The summed E-state index contributed by atoms with van der Waals surface area (Å²) in [5.74, 6) is 0.327. The number of rotatable bonds is 6. The molecule has 33 heavy (non-hydrogen) atoms. The zero-order chi connectivity index (χ0) is 23.7. The minimum Gasteiger partial charge on any atom is -0.341 e. The van der Waals surface area contributed by atoms with Gasteiger partial charge in [0.15, 0.2) is 16.9 Å². The van der Waals surface area contributed by atoms with E-state index in [1.165, 1.54) is 4.57 Å². The van der Waals surface area contributed by atoms with Crippen molar-refractivity contribution in [3.63, 3.8) is 0 Å². The lowest BCUT2D eigenvalue weighted by molar-refractivity contribution is 0.0969. The SMILES string of the molecule is C/C=C(\C)Cn1c(N2CCCC(N)C2)nc2c1c(=O)n(CC(=O)c1ccccc1)c(=O)n2C. The molecular weight excluding hydrogens is 420 g/mol. The number of imidazole rings is 1. The number of aryl methyl sites for hydroxylation is 1. The second-order valence-corrected chi connectivity index (χ2v) is 8.68. The molecule has 0 saturated carbocycles. The Balaban J connectivity index is 1.90. The molecule has 0 amide bonds. The lowest BCUT2D eigenvalue weighted by Crippen LogP contribution is -2.44. The Morgan fingerprint density at radius 1 is 1.18 bits per heavy atom. The molecule has 0 bridgehead atoms. The Labute approximate surface area is 191 Å². The van der Waals surface area contributed by atoms with Crippen LogP contribution in [0.4, 0.5) is 5.95 Å². The number of hydrogen-bond acceptors (Lipinski definition) is 6. The smallest absolute Gasteiger partial charge is 0.332 e. The Bertz CT molecular complexity index is 1330. The summed E-state index contributed by atoms with van der Waals surface area (Å²) in [7, 11) is 1.58. The Morgan fingerprint density at radius 3 is 2.58 bits per heavy atom. The average molecular weight is 451 g/mol. The molecule has 1 aliphatic heterocycles. The van der Waals surface area contributed by atoms with Gasteiger partial charge in [0.2, 0.25) is 5.95 Å². The topological polar surface area (TPSA) is 108 Å². The Kier molecular flexibility index (Phi) is 6.33. The quantitative estimate of drug-likeness (QED) is 0.452. The van der Waals surface area contributed by atoms with E-state index in [1.807, 2.05) is 30.6 Å². The molecule has 0 aliphatic carbocycles. The maximum atomic E-state index is 13.6. The first kappa shape index (κ1) is 22.7. The number of nitrogens with two attached hydrogens (primary N) is 1. The minimum atomic E-state index is -0.564. The largest absolute Gasteiger partial charge is 0.341 e. The standard InChI is InChI=1S/C24H30N6O3/c1-4-16(2)13-29-20-21(26-23(29)28-12-8-11-18(25)14-28)27(3)24(33)30(22(20)32)15-19(31)17-9-6-5-7-10-17/h4-7,9-10,18H,8,11-15,25H2,1-3H3/b16-4+. The fourth-order valence-corrected chi connectivity index (χ4v) is 4.28. The van der Waals surface area contributed by atoms with Crippen LogP contribution in [-0.2, 0) is 20.1 Å². The van der Waals surface area contributed by atoms with E-state index in [4.69, 9.17) is 10.7 Å². The zero-order valence-corrected chi connectivity index (χ0v) is 19.3. The second-order valence-electron chi connectivity index (χ2n) is 8.68. The van der Waals surface area contributed by atoms with Crippen LogP contribution in [0.25, 0.3) is 11.2 Å². The van der Waals surface area contributed by atoms with E-state index in [0.717, 1.165) is 29.5 Å². The first-order valence-corrected chi connectivity index (χ1v) is 11.2. The van der Waals surface area contributed by atoms with Gasteiger partial charge in [0.05, 0.1) is 6.54 Å². The van der Waals surface area contributed by atoms with Gasteiger partial charge in [-0.2, -0.15) is 4.98 Å². The molecule has 3 aromatic rings. The van der Waals surface area contributed by atoms with Gasteiger partial charge < -0.3 is 15.2 Å². The monoisotopic (exact) mass is 450 g/mol. The number of carbonyl (C=O) groups excluding carboxylic acids is 1. The van der Waals surface area contributed by atoms with Gasteiger partial charge in [0.1, 0.15) is 0 Å². The molecule has 9 nitrogen and oxygen atoms in total. The van der Waals surface area contributed by atoms with Gasteiger partial charge in [-0.1, -0.05) is 42.0 Å². The van der Waals surface area contributed by atoms with Crippen molar-refractivity contribution < 1.29 is 4.79 Å². The Morgan fingerprint density at radius 2 is 1.91 bits per heavy atom. The first-order chi connectivity index (χ1) is 15.8. The molecule has 9 heteroatoms. The predicted molar refractivity (Wildman–Crippen MR) is 129 cm³/mol. The Hall–Kier alpha value is -3.46. The van der Waals surface area contributed by atoms with E-state index >= 15 is 0 Å². The summed E-state index contributed by atoms with van der Waals surface area (Å²) < 4.78 is 4.21. The van der Waals surface area contributed by atoms with Crippen LogP contribution in [0.3, 0.4) is 0 Å². The molecule has 4 rings (SSSR count). The van der Waals surface area contributed by atoms with E-state index < -0.39 is 11.2 Å². The highest BCUT2D eigenvalue weighted by molar-refractivity contribution is 5.95. The maximum Gasteiger partial charge on any atom is 0.332 e. The number of nitrogens with zero attached hydrogens (tertiary/aromatic N) is 5. The van der Waals surface area contributed by atoms with Crippen molar-refractivity contribution in [1.82, 2.24) is 18.7 Å². The van der Waals surface area contributed by atoms with Gasteiger partial charge in [-0.15, -0.1) is 0 Å². The van der Waals surface area contributed by atoms with Crippen molar-refractivity contribution in [3.05, 3.63) is 68.4 Å². The number of aromatic nitrogens is 4. The predicted octanol–water partition coefficient (Wildman–Crippen LogP) is 1.67. The average Bonchev–Trinajstić information content (AvgIpc) is 3.20. The number of hydrogen-bond donors (Lipinski definition) is 1. The third-order valence-electron chi connectivity index (χ3n) is 6.25. The molecule has 3 heterocycles. The van der Waals surface area contributed by atoms with Crippen molar-refractivity contribution in [2.45, 2.75) is 45.8 Å². The highest BCUT2D eigenvalue weighted by Crippen LogP contribution is 2.24. The van der Waals surface area contributed by atoms with Gasteiger partial charge in [0, 0.05) is 38.3 Å². The fraction of sp³-hybridized carbons (Fsp3) is 0.417. The van der Waals surface area contributed by atoms with Crippen LogP contribution in [0.15, 0.2) is 51.6 Å². The summed E-state index contributed by atoms with van der Waals surface area (Å²) in [4.78, 5) is 46.3. The van der Waals surface area contributed by atoms with Crippen molar-refractivity contribution in [1.29, 1.82) is 0 Å². The third kappa shape index (κ3) is 4.28. The first-order valence-electron chi connectivity index (χ1n) is 11.2. The number of fused-ring (bicyclic) bond motifs is 1. The number of allylic oxidation sites excluding steroid dienone is 2. The van der Waals surface area contributed by atoms with Crippen LogP contribution in [0.1, 0.15) is 37.0 Å².